The Hall–Kier alpha value is -1.51. The number of carbonyl (C=O) groups is 1. The van der Waals surface area contributed by atoms with E-state index in [-0.39, 0.29) is 5.92 Å². The summed E-state index contributed by atoms with van der Waals surface area (Å²) in [7, 11) is 0. The summed E-state index contributed by atoms with van der Waals surface area (Å²) < 4.78 is 0. The molecule has 0 aromatic heterocycles. The summed E-state index contributed by atoms with van der Waals surface area (Å²) in [6.45, 7) is 0.804. The van der Waals surface area contributed by atoms with Crippen LogP contribution < -0.4 is 10.6 Å². The van der Waals surface area contributed by atoms with Gasteiger partial charge in [-0.3, -0.25) is 4.79 Å². The lowest BCUT2D eigenvalue weighted by molar-refractivity contribution is -0.122. The van der Waals surface area contributed by atoms with Crippen LogP contribution in [0.5, 0.6) is 0 Å². The van der Waals surface area contributed by atoms with Gasteiger partial charge in [-0.15, -0.1) is 0 Å². The van der Waals surface area contributed by atoms with Crippen LogP contribution in [0.25, 0.3) is 0 Å². The van der Waals surface area contributed by atoms with Crippen LogP contribution in [0.4, 0.5) is 11.4 Å². The highest BCUT2D eigenvalue weighted by Crippen LogP contribution is 2.34. The van der Waals surface area contributed by atoms with Crippen molar-refractivity contribution in [3.8, 4) is 0 Å². The number of nitrogens with two attached hydrogens (primary N) is 1. The Balaban J connectivity index is 1.77. The molecule has 0 saturated heterocycles. The third-order valence-corrected chi connectivity index (χ3v) is 4.78. The summed E-state index contributed by atoms with van der Waals surface area (Å²) in [5.74, 6) is 0.555. The molecule has 0 bridgehead atoms. The van der Waals surface area contributed by atoms with E-state index in [0.717, 1.165) is 42.7 Å². The van der Waals surface area contributed by atoms with Gasteiger partial charge in [-0.05, 0) is 31.4 Å². The van der Waals surface area contributed by atoms with E-state index >= 15 is 0 Å². The molecule has 3 nitrogen and oxygen atoms in total. The van der Waals surface area contributed by atoms with Gasteiger partial charge < -0.3 is 10.6 Å². The standard InChI is InChI=1S/C17H24N2O/c18-15-9-6-10-16-14(15)11-12-19(16)17(20)13-7-4-2-1-3-5-8-13/h6,9-10,13H,1-5,7-8,11-12,18H2. The minimum Gasteiger partial charge on any atom is -0.398 e. The topological polar surface area (TPSA) is 46.3 Å². The molecule has 1 saturated carbocycles. The van der Waals surface area contributed by atoms with Gasteiger partial charge in [0.25, 0.3) is 0 Å². The monoisotopic (exact) mass is 272 g/mol. The molecule has 0 radical (unpaired) electrons. The number of anilines is 2. The van der Waals surface area contributed by atoms with Crippen LogP contribution in [0.2, 0.25) is 0 Å². The van der Waals surface area contributed by atoms with Crippen molar-refractivity contribution in [2.24, 2.45) is 5.92 Å². The fraction of sp³-hybridized carbons (Fsp3) is 0.588. The van der Waals surface area contributed by atoms with Crippen LogP contribution in [-0.4, -0.2) is 12.5 Å². The zero-order valence-electron chi connectivity index (χ0n) is 12.1. The molecule has 108 valence electrons. The normalized spacial score (nSPS) is 20.3. The molecule has 2 aliphatic rings. The number of carbonyl (C=O) groups excluding carboxylic acids is 1. The van der Waals surface area contributed by atoms with E-state index in [9.17, 15) is 4.79 Å². The van der Waals surface area contributed by atoms with Crippen LogP contribution in [-0.2, 0) is 11.2 Å². The van der Waals surface area contributed by atoms with Gasteiger partial charge in [0.1, 0.15) is 0 Å². The van der Waals surface area contributed by atoms with Crippen LogP contribution in [0.1, 0.15) is 50.5 Å². The number of nitrogen functional groups attached to an aromatic ring is 1. The average molecular weight is 272 g/mol. The second kappa shape index (κ2) is 5.86. The van der Waals surface area contributed by atoms with Crippen molar-refractivity contribution >= 4 is 17.3 Å². The number of hydrogen-bond acceptors (Lipinski definition) is 2. The second-order valence-corrected chi connectivity index (χ2v) is 6.13. The van der Waals surface area contributed by atoms with Crippen LogP contribution in [0.15, 0.2) is 18.2 Å². The molecule has 1 aliphatic heterocycles. The second-order valence-electron chi connectivity index (χ2n) is 6.13. The number of nitrogens with zero attached hydrogens (tertiary/aromatic N) is 1. The number of amides is 1. The summed E-state index contributed by atoms with van der Waals surface area (Å²) in [5.41, 5.74) is 9.06. The fourth-order valence-electron chi connectivity index (χ4n) is 3.61. The minimum absolute atomic E-state index is 0.225. The Kier molecular flexibility index (Phi) is 3.95. The van der Waals surface area contributed by atoms with Crippen molar-refractivity contribution in [1.29, 1.82) is 0 Å². The van der Waals surface area contributed by atoms with Gasteiger partial charge in [-0.1, -0.05) is 38.2 Å². The van der Waals surface area contributed by atoms with Crippen molar-refractivity contribution in [2.45, 2.75) is 51.4 Å². The van der Waals surface area contributed by atoms with Crippen molar-refractivity contribution in [3.63, 3.8) is 0 Å². The largest absolute Gasteiger partial charge is 0.398 e. The van der Waals surface area contributed by atoms with Gasteiger partial charge in [0, 0.05) is 29.4 Å². The predicted molar refractivity (Wildman–Crippen MR) is 82.7 cm³/mol. The molecule has 1 aromatic carbocycles. The number of hydrogen-bond donors (Lipinski definition) is 1. The van der Waals surface area contributed by atoms with Crippen molar-refractivity contribution < 1.29 is 4.79 Å². The van der Waals surface area contributed by atoms with E-state index in [1.807, 2.05) is 23.1 Å². The lowest BCUT2D eigenvalue weighted by Gasteiger charge is -2.25. The molecule has 1 fully saturated rings. The molecule has 3 rings (SSSR count). The van der Waals surface area contributed by atoms with Crippen LogP contribution in [0, 0.1) is 5.92 Å². The van der Waals surface area contributed by atoms with Crippen molar-refractivity contribution in [2.75, 3.05) is 17.2 Å². The Morgan fingerprint density at radius 3 is 2.55 bits per heavy atom. The average Bonchev–Trinajstić information content (AvgIpc) is 2.83. The van der Waals surface area contributed by atoms with Crippen LogP contribution in [0.3, 0.4) is 0 Å². The van der Waals surface area contributed by atoms with Gasteiger partial charge >= 0.3 is 0 Å². The van der Waals surface area contributed by atoms with E-state index in [4.69, 9.17) is 5.73 Å². The molecule has 0 unspecified atom stereocenters. The van der Waals surface area contributed by atoms with Crippen molar-refractivity contribution in [3.05, 3.63) is 23.8 Å². The molecular weight excluding hydrogens is 248 g/mol. The summed E-state index contributed by atoms with van der Waals surface area (Å²) in [5, 5.41) is 0. The zero-order chi connectivity index (χ0) is 13.9. The highest BCUT2D eigenvalue weighted by atomic mass is 16.2. The Morgan fingerprint density at radius 1 is 1.10 bits per heavy atom. The van der Waals surface area contributed by atoms with E-state index < -0.39 is 0 Å². The van der Waals surface area contributed by atoms with Gasteiger partial charge in [0.15, 0.2) is 0 Å². The molecule has 0 spiro atoms. The van der Waals surface area contributed by atoms with E-state index in [1.165, 1.54) is 32.1 Å². The summed E-state index contributed by atoms with van der Waals surface area (Å²) in [6, 6.07) is 5.93. The molecule has 20 heavy (non-hydrogen) atoms. The van der Waals surface area contributed by atoms with Gasteiger partial charge in [-0.25, -0.2) is 0 Å². The Morgan fingerprint density at radius 2 is 1.80 bits per heavy atom. The van der Waals surface area contributed by atoms with E-state index in [1.54, 1.807) is 0 Å². The number of rotatable bonds is 1. The lowest BCUT2D eigenvalue weighted by atomic mass is 9.90. The Labute approximate surface area is 121 Å². The fourth-order valence-corrected chi connectivity index (χ4v) is 3.61. The van der Waals surface area contributed by atoms with Crippen molar-refractivity contribution in [1.82, 2.24) is 0 Å². The molecule has 1 amide bonds. The smallest absolute Gasteiger partial charge is 0.230 e. The third-order valence-electron chi connectivity index (χ3n) is 4.78. The van der Waals surface area contributed by atoms with Gasteiger partial charge in [-0.2, -0.15) is 0 Å². The molecule has 3 heteroatoms. The summed E-state index contributed by atoms with van der Waals surface area (Å²) in [4.78, 5) is 14.8. The van der Waals surface area contributed by atoms with Gasteiger partial charge in [0.2, 0.25) is 5.91 Å². The maximum atomic E-state index is 12.8. The first kappa shape index (κ1) is 13.5. The van der Waals surface area contributed by atoms with E-state index in [2.05, 4.69) is 0 Å². The first-order chi connectivity index (χ1) is 9.77. The quantitative estimate of drug-likeness (QED) is 0.795. The first-order valence-corrected chi connectivity index (χ1v) is 7.96. The lowest BCUT2D eigenvalue weighted by Crippen LogP contribution is -2.35. The van der Waals surface area contributed by atoms with E-state index in [0.29, 0.717) is 5.91 Å². The number of benzene rings is 1. The minimum atomic E-state index is 0.225. The molecule has 1 heterocycles. The highest BCUT2D eigenvalue weighted by Gasteiger charge is 2.30. The molecule has 1 aliphatic carbocycles. The van der Waals surface area contributed by atoms with Crippen LogP contribution >= 0.6 is 0 Å². The number of fused-ring (bicyclic) bond motifs is 1. The first-order valence-electron chi connectivity index (χ1n) is 7.96. The predicted octanol–water partition coefficient (Wildman–Crippen LogP) is 3.52. The summed E-state index contributed by atoms with van der Waals surface area (Å²) in [6.07, 6.45) is 9.34. The third kappa shape index (κ3) is 2.54. The SMILES string of the molecule is Nc1cccc2c1CCN2C(=O)C1CCCCCCC1. The molecular formula is C17H24N2O. The Bertz CT molecular complexity index is 490. The molecule has 2 N–H and O–H groups in total. The van der Waals surface area contributed by atoms with Gasteiger partial charge in [0.05, 0.1) is 0 Å². The zero-order valence-corrected chi connectivity index (χ0v) is 12.1. The highest BCUT2D eigenvalue weighted by molar-refractivity contribution is 5.97. The molecule has 0 atom stereocenters. The maximum absolute atomic E-state index is 12.8. The molecule has 1 aromatic rings. The summed E-state index contributed by atoms with van der Waals surface area (Å²) >= 11 is 0. The maximum Gasteiger partial charge on any atom is 0.230 e.